The van der Waals surface area contributed by atoms with Gasteiger partial charge in [-0.25, -0.2) is 14.8 Å². The van der Waals surface area contributed by atoms with Crippen LogP contribution < -0.4 is 16.0 Å². The molecular formula is C18H18N4O5S. The maximum absolute atomic E-state index is 12.7. The summed E-state index contributed by atoms with van der Waals surface area (Å²) in [5.41, 5.74) is -0.428. The summed E-state index contributed by atoms with van der Waals surface area (Å²) in [5, 5.41) is 8.72. The van der Waals surface area contributed by atoms with Crippen LogP contribution in [0.3, 0.4) is 0 Å². The smallest absolute Gasteiger partial charge is 0.332 e. The second-order valence-corrected chi connectivity index (χ2v) is 7.38. The van der Waals surface area contributed by atoms with Crippen molar-refractivity contribution in [3.05, 3.63) is 45.1 Å². The molecule has 9 nitrogen and oxygen atoms in total. The Balaban J connectivity index is 2.42. The van der Waals surface area contributed by atoms with Crippen LogP contribution in [0.2, 0.25) is 0 Å². The van der Waals surface area contributed by atoms with Gasteiger partial charge in [0, 0.05) is 14.1 Å². The highest BCUT2D eigenvalue weighted by atomic mass is 32.2. The van der Waals surface area contributed by atoms with Crippen LogP contribution in [0.1, 0.15) is 6.92 Å². The topological polar surface area (TPSA) is 116 Å². The monoisotopic (exact) mass is 402 g/mol. The average molecular weight is 402 g/mol. The third-order valence-corrected chi connectivity index (χ3v) is 5.32. The molecule has 0 fully saturated rings. The molecule has 0 aliphatic heterocycles. The van der Waals surface area contributed by atoms with Crippen LogP contribution in [-0.4, -0.2) is 42.5 Å². The molecule has 2 aromatic heterocycles. The van der Waals surface area contributed by atoms with E-state index >= 15 is 0 Å². The normalized spacial score (nSPS) is 12.1. The number of para-hydroxylation sites is 1. The Kier molecular flexibility index (Phi) is 5.23. The van der Waals surface area contributed by atoms with Crippen molar-refractivity contribution in [3.63, 3.8) is 0 Å². The molecule has 2 heterocycles. The first-order chi connectivity index (χ1) is 13.3. The zero-order chi connectivity index (χ0) is 20.6. The molecule has 3 aromatic rings. The predicted octanol–water partition coefficient (Wildman–Crippen LogP) is 1.27. The summed E-state index contributed by atoms with van der Waals surface area (Å²) in [6.45, 7) is 1.50. The molecule has 1 atom stereocenters. The Morgan fingerprint density at radius 3 is 2.50 bits per heavy atom. The average Bonchev–Trinajstić information content (AvgIpc) is 2.69. The number of aromatic nitrogens is 4. The maximum atomic E-state index is 12.7. The number of carboxylic acid groups (broad SMARTS) is 1. The summed E-state index contributed by atoms with van der Waals surface area (Å²) in [7, 11) is 4.36. The lowest BCUT2D eigenvalue weighted by molar-refractivity contribution is -0.136. The van der Waals surface area contributed by atoms with Gasteiger partial charge in [-0.1, -0.05) is 23.9 Å². The first-order valence-corrected chi connectivity index (χ1v) is 9.14. The van der Waals surface area contributed by atoms with Crippen molar-refractivity contribution in [2.75, 3.05) is 7.11 Å². The fourth-order valence-electron chi connectivity index (χ4n) is 2.68. The van der Waals surface area contributed by atoms with Crippen molar-refractivity contribution in [1.82, 2.24) is 19.1 Å². The summed E-state index contributed by atoms with van der Waals surface area (Å²) >= 11 is 0.921. The van der Waals surface area contributed by atoms with Crippen molar-refractivity contribution in [3.8, 4) is 17.1 Å². The predicted molar refractivity (Wildman–Crippen MR) is 105 cm³/mol. The summed E-state index contributed by atoms with van der Waals surface area (Å²) < 4.78 is 7.54. The number of aryl methyl sites for hydroxylation is 1. The van der Waals surface area contributed by atoms with E-state index in [-0.39, 0.29) is 21.9 Å². The minimum atomic E-state index is -1.04. The van der Waals surface area contributed by atoms with Crippen LogP contribution in [0.4, 0.5) is 0 Å². The van der Waals surface area contributed by atoms with Gasteiger partial charge in [0.2, 0.25) is 0 Å². The minimum absolute atomic E-state index is 0.0985. The van der Waals surface area contributed by atoms with Gasteiger partial charge in [0.05, 0.1) is 12.7 Å². The second kappa shape index (κ2) is 7.47. The molecule has 146 valence electrons. The molecular weight excluding hydrogens is 384 g/mol. The fraction of sp³-hybridized carbons (Fsp3) is 0.278. The van der Waals surface area contributed by atoms with E-state index in [2.05, 4.69) is 9.97 Å². The number of hydrogen-bond donors (Lipinski definition) is 1. The Bertz CT molecular complexity index is 1200. The number of carbonyl (C=O) groups is 1. The van der Waals surface area contributed by atoms with Gasteiger partial charge in [0.1, 0.15) is 21.4 Å². The summed E-state index contributed by atoms with van der Waals surface area (Å²) in [6, 6.07) is 7.05. The van der Waals surface area contributed by atoms with E-state index in [0.29, 0.717) is 11.3 Å². The molecule has 0 aliphatic rings. The van der Waals surface area contributed by atoms with E-state index in [1.807, 2.05) is 0 Å². The van der Waals surface area contributed by atoms with E-state index < -0.39 is 22.5 Å². The first kappa shape index (κ1) is 19.6. The number of nitrogens with zero attached hydrogens (tertiary/aromatic N) is 4. The van der Waals surface area contributed by atoms with E-state index in [0.717, 1.165) is 16.3 Å². The third kappa shape index (κ3) is 3.26. The molecule has 0 amide bonds. The summed E-state index contributed by atoms with van der Waals surface area (Å²) in [4.78, 5) is 45.3. The second-order valence-electron chi connectivity index (χ2n) is 6.06. The number of methoxy groups -OCH3 is 1. The van der Waals surface area contributed by atoms with Crippen LogP contribution in [0.25, 0.3) is 22.4 Å². The van der Waals surface area contributed by atoms with Gasteiger partial charge < -0.3 is 9.84 Å². The maximum Gasteiger partial charge on any atom is 0.332 e. The summed E-state index contributed by atoms with van der Waals surface area (Å²) in [6.07, 6.45) is 0. The largest absolute Gasteiger partial charge is 0.496 e. The molecule has 1 aromatic carbocycles. The van der Waals surface area contributed by atoms with Crippen molar-refractivity contribution < 1.29 is 14.6 Å². The molecule has 0 spiro atoms. The highest BCUT2D eigenvalue weighted by Crippen LogP contribution is 2.32. The molecule has 0 unspecified atom stereocenters. The van der Waals surface area contributed by atoms with Gasteiger partial charge in [-0.2, -0.15) is 0 Å². The molecule has 3 rings (SSSR count). The molecule has 0 saturated carbocycles. The van der Waals surface area contributed by atoms with Crippen molar-refractivity contribution in [2.24, 2.45) is 14.1 Å². The van der Waals surface area contributed by atoms with Gasteiger partial charge in [0.25, 0.3) is 5.56 Å². The number of thioether (sulfide) groups is 1. The minimum Gasteiger partial charge on any atom is -0.496 e. The molecule has 0 saturated heterocycles. The number of hydrogen-bond acceptors (Lipinski definition) is 7. The van der Waals surface area contributed by atoms with Crippen LogP contribution in [0, 0.1) is 0 Å². The fourth-order valence-corrected chi connectivity index (χ4v) is 3.55. The zero-order valence-corrected chi connectivity index (χ0v) is 16.5. The van der Waals surface area contributed by atoms with Gasteiger partial charge in [-0.15, -0.1) is 0 Å². The quantitative estimate of drug-likeness (QED) is 0.501. The number of carboxylic acids is 1. The number of benzene rings is 1. The van der Waals surface area contributed by atoms with Crippen molar-refractivity contribution in [2.45, 2.75) is 17.2 Å². The van der Waals surface area contributed by atoms with Crippen LogP contribution >= 0.6 is 11.8 Å². The van der Waals surface area contributed by atoms with Gasteiger partial charge in [-0.05, 0) is 19.1 Å². The van der Waals surface area contributed by atoms with Crippen LogP contribution in [-0.2, 0) is 18.9 Å². The highest BCUT2D eigenvalue weighted by molar-refractivity contribution is 8.00. The molecule has 0 bridgehead atoms. The Morgan fingerprint density at radius 2 is 1.86 bits per heavy atom. The van der Waals surface area contributed by atoms with Gasteiger partial charge >= 0.3 is 11.7 Å². The Morgan fingerprint density at radius 1 is 1.18 bits per heavy atom. The molecule has 10 heteroatoms. The van der Waals surface area contributed by atoms with Gasteiger partial charge in [-0.3, -0.25) is 18.7 Å². The van der Waals surface area contributed by atoms with Crippen molar-refractivity contribution in [1.29, 1.82) is 0 Å². The standard InChI is InChI=1S/C18H18N4O5S/c1-9(17(24)25)28-15-12-14(21(2)18(26)22(3)16(12)23)19-13(20-15)10-7-5-6-8-11(10)27-4/h5-9H,1-4H3,(H,24,25)/t9-/m0/s1. The summed E-state index contributed by atoms with van der Waals surface area (Å²) in [5.74, 6) is -0.302. The third-order valence-electron chi connectivity index (χ3n) is 4.25. The molecule has 28 heavy (non-hydrogen) atoms. The Labute approximate surface area is 163 Å². The van der Waals surface area contributed by atoms with E-state index in [1.54, 1.807) is 24.3 Å². The van der Waals surface area contributed by atoms with Crippen LogP contribution in [0.5, 0.6) is 5.75 Å². The van der Waals surface area contributed by atoms with E-state index in [1.165, 1.54) is 32.7 Å². The van der Waals surface area contributed by atoms with Crippen molar-refractivity contribution >= 4 is 28.8 Å². The number of aliphatic carboxylic acids is 1. The molecule has 1 N–H and O–H groups in total. The number of ether oxygens (including phenoxy) is 1. The Hall–Kier alpha value is -3.14. The molecule has 0 aliphatic carbocycles. The number of rotatable bonds is 5. The van der Waals surface area contributed by atoms with Crippen LogP contribution in [0.15, 0.2) is 38.9 Å². The van der Waals surface area contributed by atoms with E-state index in [4.69, 9.17) is 4.74 Å². The lowest BCUT2D eigenvalue weighted by Crippen LogP contribution is -2.37. The first-order valence-electron chi connectivity index (χ1n) is 8.26. The van der Waals surface area contributed by atoms with Gasteiger partial charge in [0.15, 0.2) is 11.5 Å². The number of fused-ring (bicyclic) bond motifs is 1. The highest BCUT2D eigenvalue weighted by Gasteiger charge is 2.22. The SMILES string of the molecule is COc1ccccc1-c1nc(S[C@@H](C)C(=O)O)c2c(=O)n(C)c(=O)n(C)c2n1. The lowest BCUT2D eigenvalue weighted by atomic mass is 10.2. The lowest BCUT2D eigenvalue weighted by Gasteiger charge is -2.14. The molecule has 0 radical (unpaired) electrons. The zero-order valence-electron chi connectivity index (χ0n) is 15.7. The van der Waals surface area contributed by atoms with E-state index in [9.17, 15) is 19.5 Å².